The number of nitrogens with zero attached hydrogens (tertiary/aromatic N) is 4. The van der Waals surface area contributed by atoms with Crippen molar-refractivity contribution in [2.45, 2.75) is 38.0 Å². The van der Waals surface area contributed by atoms with Crippen molar-refractivity contribution in [3.63, 3.8) is 0 Å². The molecule has 3 heterocycles. The number of benzene rings is 1. The maximum atomic E-state index is 13.2. The summed E-state index contributed by atoms with van der Waals surface area (Å²) >= 11 is 0. The van der Waals surface area contributed by atoms with Crippen LogP contribution in [0.1, 0.15) is 31.4 Å². The number of rotatable bonds is 8. The smallest absolute Gasteiger partial charge is 0.381 e. The normalized spacial score (nSPS) is 16.8. The van der Waals surface area contributed by atoms with E-state index in [2.05, 4.69) is 27.6 Å². The van der Waals surface area contributed by atoms with E-state index in [1.807, 2.05) is 0 Å². The van der Waals surface area contributed by atoms with E-state index in [4.69, 9.17) is 4.74 Å². The van der Waals surface area contributed by atoms with Crippen molar-refractivity contribution in [1.82, 2.24) is 24.6 Å². The fourth-order valence-electron chi connectivity index (χ4n) is 4.27. The maximum absolute atomic E-state index is 13.2. The maximum Gasteiger partial charge on any atom is 0.416 e. The van der Waals surface area contributed by atoms with Gasteiger partial charge in [0, 0.05) is 38.5 Å². The molecule has 1 aliphatic heterocycles. The quantitative estimate of drug-likeness (QED) is 0.466. The summed E-state index contributed by atoms with van der Waals surface area (Å²) in [4.78, 5) is 29.4. The van der Waals surface area contributed by atoms with Crippen LogP contribution in [0, 0.1) is 5.92 Å². The second kappa shape index (κ2) is 10.2. The van der Waals surface area contributed by atoms with Crippen LogP contribution in [0.5, 0.6) is 0 Å². The van der Waals surface area contributed by atoms with E-state index < -0.39 is 23.3 Å². The number of hydrogen-bond donors (Lipinski definition) is 2. The molecule has 9 nitrogen and oxygen atoms in total. The van der Waals surface area contributed by atoms with Crippen LogP contribution in [-0.4, -0.2) is 51.4 Å². The second-order valence-corrected chi connectivity index (χ2v) is 8.68. The molecule has 0 radical (unpaired) electrons. The van der Waals surface area contributed by atoms with Crippen molar-refractivity contribution >= 4 is 28.8 Å². The van der Waals surface area contributed by atoms with Crippen LogP contribution in [0.2, 0.25) is 0 Å². The van der Waals surface area contributed by atoms with Gasteiger partial charge < -0.3 is 20.2 Å². The van der Waals surface area contributed by atoms with Crippen molar-refractivity contribution in [3.8, 4) is 0 Å². The molecule has 188 valence electrons. The topological polar surface area (TPSA) is 103 Å². The van der Waals surface area contributed by atoms with E-state index in [0.29, 0.717) is 17.9 Å². The second-order valence-electron chi connectivity index (χ2n) is 8.68. The number of carbonyl (C=O) groups is 1. The Morgan fingerprint density at radius 1 is 1.23 bits per heavy atom. The monoisotopic (exact) mass is 492 g/mol. The molecule has 1 saturated heterocycles. The molecular formula is C23H27F3N6O3. The summed E-state index contributed by atoms with van der Waals surface area (Å²) in [5.41, 5.74) is -0.424. The van der Waals surface area contributed by atoms with E-state index in [9.17, 15) is 22.8 Å². The summed E-state index contributed by atoms with van der Waals surface area (Å²) in [5, 5.41) is 10.5. The molecule has 0 amide bonds. The zero-order valence-electron chi connectivity index (χ0n) is 19.4. The number of ether oxygens (including phenoxy) is 1. The molecule has 2 atom stereocenters. The predicted molar refractivity (Wildman–Crippen MR) is 124 cm³/mol. The molecule has 1 aromatic carbocycles. The summed E-state index contributed by atoms with van der Waals surface area (Å²) < 4.78 is 46.4. The van der Waals surface area contributed by atoms with Gasteiger partial charge in [0.1, 0.15) is 17.8 Å². The van der Waals surface area contributed by atoms with Crippen LogP contribution in [-0.2, 0) is 22.8 Å². The Morgan fingerprint density at radius 2 is 1.91 bits per heavy atom. The molecule has 4 rings (SSSR count). The first-order valence-corrected chi connectivity index (χ1v) is 11.3. The van der Waals surface area contributed by atoms with Crippen LogP contribution in [0.4, 0.5) is 24.7 Å². The van der Waals surface area contributed by atoms with Gasteiger partial charge in [0.25, 0.3) is 5.56 Å². The SMILES string of the molecule is C[C@H](NCC(C=O)n1cnc2c(Nc3ccc(C(F)(F)F)cc3)nn(C)c2c1=O)C1CCOCC1. The summed E-state index contributed by atoms with van der Waals surface area (Å²) in [7, 11) is 1.56. The van der Waals surface area contributed by atoms with Gasteiger partial charge in [-0.2, -0.15) is 18.3 Å². The highest BCUT2D eigenvalue weighted by Crippen LogP contribution is 2.31. The van der Waals surface area contributed by atoms with Crippen LogP contribution >= 0.6 is 0 Å². The van der Waals surface area contributed by atoms with E-state index in [-0.39, 0.29) is 29.4 Å². The van der Waals surface area contributed by atoms with Crippen molar-refractivity contribution in [2.24, 2.45) is 13.0 Å². The number of aryl methyl sites for hydroxylation is 1. The first kappa shape index (κ1) is 24.9. The minimum Gasteiger partial charge on any atom is -0.381 e. The number of alkyl halides is 3. The predicted octanol–water partition coefficient (Wildman–Crippen LogP) is 3.04. The third kappa shape index (κ3) is 5.38. The Kier molecular flexibility index (Phi) is 7.22. The Hall–Kier alpha value is -3.25. The first-order chi connectivity index (χ1) is 16.7. The molecule has 35 heavy (non-hydrogen) atoms. The molecule has 2 N–H and O–H groups in total. The molecule has 3 aromatic rings. The molecule has 0 bridgehead atoms. The highest BCUT2D eigenvalue weighted by atomic mass is 19.4. The third-order valence-corrected chi connectivity index (χ3v) is 6.38. The van der Waals surface area contributed by atoms with Gasteiger partial charge in [-0.1, -0.05) is 0 Å². The number of hydrogen-bond acceptors (Lipinski definition) is 7. The van der Waals surface area contributed by atoms with Gasteiger partial charge in [0.05, 0.1) is 11.9 Å². The number of aldehydes is 1. The van der Waals surface area contributed by atoms with Crippen molar-refractivity contribution in [1.29, 1.82) is 0 Å². The van der Waals surface area contributed by atoms with Gasteiger partial charge >= 0.3 is 6.18 Å². The number of halogens is 3. The zero-order chi connectivity index (χ0) is 25.2. The van der Waals surface area contributed by atoms with E-state index in [0.717, 1.165) is 38.2 Å². The lowest BCUT2D eigenvalue weighted by Crippen LogP contribution is -2.41. The minimum atomic E-state index is -4.44. The molecule has 1 unspecified atom stereocenters. The largest absolute Gasteiger partial charge is 0.416 e. The first-order valence-electron chi connectivity index (χ1n) is 11.3. The average molecular weight is 493 g/mol. The molecule has 1 aliphatic rings. The Balaban J connectivity index is 1.54. The number of fused-ring (bicyclic) bond motifs is 1. The van der Waals surface area contributed by atoms with E-state index in [1.165, 1.54) is 27.7 Å². The lowest BCUT2D eigenvalue weighted by atomic mass is 9.93. The lowest BCUT2D eigenvalue weighted by molar-refractivity contribution is -0.137. The summed E-state index contributed by atoms with van der Waals surface area (Å²) in [6.07, 6.45) is -0.551. The minimum absolute atomic E-state index is 0.157. The van der Waals surface area contributed by atoms with Gasteiger partial charge in [0.15, 0.2) is 11.3 Å². The summed E-state index contributed by atoms with van der Waals surface area (Å²) in [6, 6.07) is 3.86. The van der Waals surface area contributed by atoms with Gasteiger partial charge in [-0.05, 0) is 49.9 Å². The standard InChI is InChI=1S/C23H27F3N6O3/c1-14(15-7-9-35-10-8-15)27-11-18(12-33)32-13-28-19-20(22(32)34)31(2)30-21(19)29-17-5-3-16(4-6-17)23(24,25)26/h3-6,12-15,18,27H,7-11H2,1-2H3,(H,29,30)/t14-,18?/m0/s1. The van der Waals surface area contributed by atoms with Gasteiger partial charge in [-0.15, -0.1) is 0 Å². The van der Waals surface area contributed by atoms with Gasteiger partial charge in [0.2, 0.25) is 0 Å². The molecule has 0 spiro atoms. The molecule has 0 aliphatic carbocycles. The van der Waals surface area contributed by atoms with Crippen molar-refractivity contribution in [3.05, 3.63) is 46.5 Å². The number of nitrogens with one attached hydrogen (secondary N) is 2. The zero-order valence-corrected chi connectivity index (χ0v) is 19.4. The highest BCUT2D eigenvalue weighted by Gasteiger charge is 2.30. The lowest BCUT2D eigenvalue weighted by Gasteiger charge is -2.29. The Morgan fingerprint density at radius 3 is 2.54 bits per heavy atom. The Labute approximate surface area is 199 Å². The number of anilines is 2. The molecule has 0 saturated carbocycles. The van der Waals surface area contributed by atoms with Crippen molar-refractivity contribution in [2.75, 3.05) is 25.1 Å². The fraction of sp³-hybridized carbons (Fsp3) is 0.478. The molecule has 12 heteroatoms. The average Bonchev–Trinajstić information content (AvgIpc) is 3.16. The highest BCUT2D eigenvalue weighted by molar-refractivity contribution is 5.87. The third-order valence-electron chi connectivity index (χ3n) is 6.38. The Bertz CT molecular complexity index is 1230. The number of aromatic nitrogens is 4. The van der Waals surface area contributed by atoms with E-state index in [1.54, 1.807) is 7.05 Å². The van der Waals surface area contributed by atoms with Crippen molar-refractivity contribution < 1.29 is 22.7 Å². The number of carbonyl (C=O) groups excluding carboxylic acids is 1. The van der Waals surface area contributed by atoms with E-state index >= 15 is 0 Å². The van der Waals surface area contributed by atoms with Crippen LogP contribution in [0.3, 0.4) is 0 Å². The summed E-state index contributed by atoms with van der Waals surface area (Å²) in [5.74, 6) is 0.657. The molecule has 2 aromatic heterocycles. The van der Waals surface area contributed by atoms with Gasteiger partial charge in [-0.3, -0.25) is 14.0 Å². The van der Waals surface area contributed by atoms with Crippen LogP contribution in [0.15, 0.2) is 35.4 Å². The van der Waals surface area contributed by atoms with Crippen LogP contribution < -0.4 is 16.2 Å². The van der Waals surface area contributed by atoms with Gasteiger partial charge in [-0.25, -0.2) is 4.98 Å². The molecule has 1 fully saturated rings. The molecular weight excluding hydrogens is 465 g/mol. The summed E-state index contributed by atoms with van der Waals surface area (Å²) in [6.45, 7) is 3.76. The van der Waals surface area contributed by atoms with Crippen LogP contribution in [0.25, 0.3) is 11.0 Å². The fourth-order valence-corrected chi connectivity index (χ4v) is 4.27.